The van der Waals surface area contributed by atoms with Crippen LogP contribution in [-0.4, -0.2) is 25.2 Å². The maximum Gasteiger partial charge on any atom is 0.121 e. The number of hydrogen-bond donors (Lipinski definition) is 0. The molecular formula is C16H20N2O. The summed E-state index contributed by atoms with van der Waals surface area (Å²) in [5.74, 6) is 0.871. The van der Waals surface area contributed by atoms with Gasteiger partial charge in [-0.25, -0.2) is 0 Å². The molecule has 3 nitrogen and oxygen atoms in total. The Morgan fingerprint density at radius 2 is 1.89 bits per heavy atom. The zero-order chi connectivity index (χ0) is 13.2. The summed E-state index contributed by atoms with van der Waals surface area (Å²) in [6, 6.07) is 8.38. The first-order valence-corrected chi connectivity index (χ1v) is 6.98. The van der Waals surface area contributed by atoms with Crippen LogP contribution in [0.3, 0.4) is 0 Å². The number of nitrogens with zero attached hydrogens (tertiary/aromatic N) is 2. The molecule has 0 bridgehead atoms. The fraction of sp³-hybridized carbons (Fsp3) is 0.438. The van der Waals surface area contributed by atoms with E-state index in [9.17, 15) is 0 Å². The van der Waals surface area contributed by atoms with Crippen molar-refractivity contribution in [2.75, 3.05) is 25.1 Å². The lowest BCUT2D eigenvalue weighted by atomic mass is 10.1. The first kappa shape index (κ1) is 12.3. The van der Waals surface area contributed by atoms with E-state index in [2.05, 4.69) is 28.9 Å². The fourth-order valence-electron chi connectivity index (χ4n) is 2.84. The predicted octanol–water partition coefficient (Wildman–Crippen LogP) is 3.54. The molecule has 3 heteroatoms. The lowest BCUT2D eigenvalue weighted by molar-refractivity contribution is 0.415. The Morgan fingerprint density at radius 3 is 2.63 bits per heavy atom. The van der Waals surface area contributed by atoms with Crippen LogP contribution >= 0.6 is 0 Å². The van der Waals surface area contributed by atoms with Gasteiger partial charge in [0.2, 0.25) is 0 Å². The molecule has 0 radical (unpaired) electrons. The van der Waals surface area contributed by atoms with E-state index in [1.165, 1.54) is 30.3 Å². The summed E-state index contributed by atoms with van der Waals surface area (Å²) in [7, 11) is 1.70. The number of pyridine rings is 1. The smallest absolute Gasteiger partial charge is 0.121 e. The van der Waals surface area contributed by atoms with Crippen molar-refractivity contribution in [3.05, 3.63) is 30.0 Å². The van der Waals surface area contributed by atoms with E-state index in [0.717, 1.165) is 30.0 Å². The molecule has 0 unspecified atom stereocenters. The zero-order valence-corrected chi connectivity index (χ0v) is 11.6. The van der Waals surface area contributed by atoms with Gasteiger partial charge in [0.05, 0.1) is 12.6 Å². The monoisotopic (exact) mass is 256 g/mol. The summed E-state index contributed by atoms with van der Waals surface area (Å²) < 4.78 is 5.29. The number of anilines is 1. The number of rotatable bonds is 2. The molecule has 100 valence electrons. The van der Waals surface area contributed by atoms with Crippen molar-refractivity contribution < 1.29 is 4.74 Å². The number of methoxy groups -OCH3 is 1. The third kappa shape index (κ3) is 2.37. The van der Waals surface area contributed by atoms with Gasteiger partial charge in [0, 0.05) is 35.9 Å². The lowest BCUT2D eigenvalue weighted by Gasteiger charge is -2.30. The number of piperidine rings is 1. The minimum Gasteiger partial charge on any atom is -0.497 e. The van der Waals surface area contributed by atoms with Crippen molar-refractivity contribution in [3.8, 4) is 5.75 Å². The Labute approximate surface area is 114 Å². The minimum absolute atomic E-state index is 0.871. The highest BCUT2D eigenvalue weighted by molar-refractivity contribution is 5.92. The van der Waals surface area contributed by atoms with Gasteiger partial charge in [-0.2, -0.15) is 0 Å². The summed E-state index contributed by atoms with van der Waals surface area (Å²) in [5.41, 5.74) is 3.42. The first-order valence-electron chi connectivity index (χ1n) is 6.98. The molecule has 2 heterocycles. The Morgan fingerprint density at radius 1 is 1.11 bits per heavy atom. The van der Waals surface area contributed by atoms with Gasteiger partial charge in [0.1, 0.15) is 5.75 Å². The summed E-state index contributed by atoms with van der Waals surface area (Å²) in [6.07, 6.45) is 3.93. The molecule has 1 fully saturated rings. The van der Waals surface area contributed by atoms with Gasteiger partial charge < -0.3 is 9.64 Å². The van der Waals surface area contributed by atoms with Crippen LogP contribution in [0.15, 0.2) is 24.3 Å². The topological polar surface area (TPSA) is 25.4 Å². The highest BCUT2D eigenvalue weighted by atomic mass is 16.5. The van der Waals surface area contributed by atoms with Crippen molar-refractivity contribution in [2.24, 2.45) is 0 Å². The zero-order valence-electron chi connectivity index (χ0n) is 11.6. The van der Waals surface area contributed by atoms with Crippen LogP contribution in [0.25, 0.3) is 10.9 Å². The fourth-order valence-corrected chi connectivity index (χ4v) is 2.84. The van der Waals surface area contributed by atoms with Gasteiger partial charge in [0.15, 0.2) is 0 Å². The minimum atomic E-state index is 0.871. The molecule has 0 aliphatic carbocycles. The highest BCUT2D eigenvalue weighted by Gasteiger charge is 2.15. The maximum atomic E-state index is 5.29. The molecule has 1 saturated heterocycles. The average molecular weight is 256 g/mol. The third-order valence-electron chi connectivity index (χ3n) is 3.82. The van der Waals surface area contributed by atoms with Crippen LogP contribution in [0.1, 0.15) is 25.0 Å². The Bertz CT molecular complexity index is 589. The van der Waals surface area contributed by atoms with E-state index < -0.39 is 0 Å². The van der Waals surface area contributed by atoms with Crippen LogP contribution in [0.4, 0.5) is 5.69 Å². The van der Waals surface area contributed by atoms with E-state index >= 15 is 0 Å². The quantitative estimate of drug-likeness (QED) is 0.821. The molecule has 0 amide bonds. The van der Waals surface area contributed by atoms with E-state index in [1.807, 2.05) is 12.1 Å². The van der Waals surface area contributed by atoms with Gasteiger partial charge in [-0.15, -0.1) is 0 Å². The molecule has 0 N–H and O–H groups in total. The Balaban J connectivity index is 2.11. The molecule has 0 spiro atoms. The number of hydrogen-bond acceptors (Lipinski definition) is 3. The van der Waals surface area contributed by atoms with Crippen molar-refractivity contribution in [1.82, 2.24) is 4.98 Å². The second-order valence-electron chi connectivity index (χ2n) is 5.21. The summed E-state index contributed by atoms with van der Waals surface area (Å²) in [5, 5.41) is 1.23. The Hall–Kier alpha value is -1.77. The van der Waals surface area contributed by atoms with Crippen LogP contribution in [0.2, 0.25) is 0 Å². The number of aromatic nitrogens is 1. The molecule has 0 atom stereocenters. The second kappa shape index (κ2) is 5.08. The number of ether oxygens (including phenoxy) is 1. The molecule has 1 aromatic carbocycles. The van der Waals surface area contributed by atoms with E-state index in [4.69, 9.17) is 4.74 Å². The summed E-state index contributed by atoms with van der Waals surface area (Å²) in [6.45, 7) is 4.38. The molecule has 2 aromatic rings. The molecular weight excluding hydrogens is 236 g/mol. The predicted molar refractivity (Wildman–Crippen MR) is 79.1 cm³/mol. The first-order chi connectivity index (χ1) is 9.28. The van der Waals surface area contributed by atoms with E-state index in [0.29, 0.717) is 0 Å². The molecule has 19 heavy (non-hydrogen) atoms. The highest BCUT2D eigenvalue weighted by Crippen LogP contribution is 2.31. The normalized spacial score (nSPS) is 15.8. The van der Waals surface area contributed by atoms with Crippen LogP contribution in [-0.2, 0) is 0 Å². The molecule has 0 saturated carbocycles. The van der Waals surface area contributed by atoms with E-state index in [-0.39, 0.29) is 0 Å². The average Bonchev–Trinajstić information content (AvgIpc) is 2.46. The van der Waals surface area contributed by atoms with Crippen LogP contribution in [0.5, 0.6) is 5.75 Å². The van der Waals surface area contributed by atoms with Gasteiger partial charge in [-0.05, 0) is 44.4 Å². The van der Waals surface area contributed by atoms with Crippen molar-refractivity contribution in [2.45, 2.75) is 26.2 Å². The van der Waals surface area contributed by atoms with Crippen molar-refractivity contribution in [1.29, 1.82) is 0 Å². The van der Waals surface area contributed by atoms with Crippen molar-refractivity contribution in [3.63, 3.8) is 0 Å². The largest absolute Gasteiger partial charge is 0.497 e. The van der Waals surface area contributed by atoms with Crippen LogP contribution < -0.4 is 9.64 Å². The molecule has 3 rings (SSSR count). The molecule has 1 aliphatic rings. The second-order valence-corrected chi connectivity index (χ2v) is 5.21. The standard InChI is InChI=1S/C16H20N2O/c1-12-10-16(18-8-4-3-5-9-18)14-7-6-13(19-2)11-15(14)17-12/h6-7,10-11H,3-5,8-9H2,1-2H3. The van der Waals surface area contributed by atoms with Gasteiger partial charge in [-0.3, -0.25) is 4.98 Å². The summed E-state index contributed by atoms with van der Waals surface area (Å²) in [4.78, 5) is 7.13. The number of benzene rings is 1. The maximum absolute atomic E-state index is 5.29. The number of aryl methyl sites for hydroxylation is 1. The SMILES string of the molecule is COc1ccc2c(N3CCCCC3)cc(C)nc2c1. The van der Waals surface area contributed by atoms with Crippen LogP contribution in [0, 0.1) is 6.92 Å². The lowest BCUT2D eigenvalue weighted by Crippen LogP contribution is -2.29. The number of fused-ring (bicyclic) bond motifs is 1. The Kier molecular flexibility index (Phi) is 3.28. The van der Waals surface area contributed by atoms with Gasteiger partial charge >= 0.3 is 0 Å². The molecule has 1 aromatic heterocycles. The summed E-state index contributed by atoms with van der Waals surface area (Å²) >= 11 is 0. The van der Waals surface area contributed by atoms with E-state index in [1.54, 1.807) is 7.11 Å². The van der Waals surface area contributed by atoms with Crippen molar-refractivity contribution >= 4 is 16.6 Å². The van der Waals surface area contributed by atoms with Gasteiger partial charge in [0.25, 0.3) is 0 Å². The van der Waals surface area contributed by atoms with Gasteiger partial charge in [-0.1, -0.05) is 0 Å². The molecule has 1 aliphatic heterocycles. The third-order valence-corrected chi connectivity index (χ3v) is 3.82.